The van der Waals surface area contributed by atoms with Crippen LogP contribution in [0.15, 0.2) is 84.9 Å². The van der Waals surface area contributed by atoms with Crippen LogP contribution in [-0.4, -0.2) is 48.2 Å². The van der Waals surface area contributed by atoms with Crippen molar-refractivity contribution in [1.29, 1.82) is 0 Å². The highest BCUT2D eigenvalue weighted by atomic mass is 16.5. The van der Waals surface area contributed by atoms with Gasteiger partial charge in [-0.3, -0.25) is 9.69 Å². The fourth-order valence-electron chi connectivity index (χ4n) is 3.90. The molecule has 0 amide bonds. The lowest BCUT2D eigenvalue weighted by Crippen LogP contribution is -2.53. The van der Waals surface area contributed by atoms with Crippen molar-refractivity contribution in [2.24, 2.45) is 0 Å². The van der Waals surface area contributed by atoms with E-state index in [9.17, 15) is 9.90 Å². The molecule has 0 aromatic heterocycles. The van der Waals surface area contributed by atoms with Gasteiger partial charge < -0.3 is 14.7 Å². The lowest BCUT2D eigenvalue weighted by molar-refractivity contribution is -0.143. The van der Waals surface area contributed by atoms with Crippen LogP contribution >= 0.6 is 0 Å². The first-order chi connectivity index (χ1) is 14.7. The summed E-state index contributed by atoms with van der Waals surface area (Å²) in [7, 11) is 0. The molecule has 154 valence electrons. The molecule has 30 heavy (non-hydrogen) atoms. The Morgan fingerprint density at radius 2 is 1.43 bits per heavy atom. The number of hydrogen-bond donors (Lipinski definition) is 1. The van der Waals surface area contributed by atoms with E-state index in [0.29, 0.717) is 25.3 Å². The van der Waals surface area contributed by atoms with E-state index < -0.39 is 12.0 Å². The zero-order valence-electron chi connectivity index (χ0n) is 16.9. The van der Waals surface area contributed by atoms with Gasteiger partial charge in [0.15, 0.2) is 0 Å². The quantitative estimate of drug-likeness (QED) is 0.639. The molecule has 5 nitrogen and oxygen atoms in total. The Morgan fingerprint density at radius 3 is 2.10 bits per heavy atom. The fraction of sp³-hybridized carbons (Fsp3) is 0.240. The van der Waals surface area contributed by atoms with Gasteiger partial charge in [-0.25, -0.2) is 0 Å². The summed E-state index contributed by atoms with van der Waals surface area (Å²) in [5.41, 5.74) is 2.09. The van der Waals surface area contributed by atoms with Gasteiger partial charge in [-0.05, 0) is 35.9 Å². The third kappa shape index (κ3) is 4.81. The molecule has 0 radical (unpaired) electrons. The zero-order chi connectivity index (χ0) is 20.8. The summed E-state index contributed by atoms with van der Waals surface area (Å²) in [4.78, 5) is 16.5. The maximum absolute atomic E-state index is 12.1. The average Bonchev–Trinajstić information content (AvgIpc) is 2.80. The number of nitrogens with zero attached hydrogens (tertiary/aromatic N) is 2. The minimum absolute atomic E-state index is 0.406. The number of ether oxygens (including phenoxy) is 1. The largest absolute Gasteiger partial charge is 0.480 e. The monoisotopic (exact) mass is 402 g/mol. The molecule has 1 fully saturated rings. The second-order valence-corrected chi connectivity index (χ2v) is 7.44. The average molecular weight is 402 g/mol. The molecule has 1 atom stereocenters. The Hall–Kier alpha value is -3.31. The minimum atomic E-state index is -0.794. The van der Waals surface area contributed by atoms with E-state index in [2.05, 4.69) is 21.9 Å². The number of carboxylic acid groups (broad SMARTS) is 1. The van der Waals surface area contributed by atoms with Crippen molar-refractivity contribution >= 4 is 11.7 Å². The smallest absolute Gasteiger partial charge is 0.321 e. The van der Waals surface area contributed by atoms with Gasteiger partial charge in [0.1, 0.15) is 17.5 Å². The molecule has 1 heterocycles. The molecule has 0 spiro atoms. The number of para-hydroxylation sites is 3. The Labute approximate surface area is 177 Å². The van der Waals surface area contributed by atoms with Crippen LogP contribution in [0.25, 0.3) is 0 Å². The van der Waals surface area contributed by atoms with Gasteiger partial charge in [0.2, 0.25) is 0 Å². The second kappa shape index (κ2) is 9.46. The Balaban J connectivity index is 1.45. The molecule has 1 aliphatic heterocycles. The predicted molar refractivity (Wildman–Crippen MR) is 118 cm³/mol. The summed E-state index contributed by atoms with van der Waals surface area (Å²) in [5, 5.41) is 9.95. The molecule has 5 heteroatoms. The summed E-state index contributed by atoms with van der Waals surface area (Å²) < 4.78 is 6.03. The van der Waals surface area contributed by atoms with Gasteiger partial charge in [-0.2, -0.15) is 0 Å². The molecule has 0 aliphatic carbocycles. The molecule has 1 N–H and O–H groups in total. The number of hydrogen-bond acceptors (Lipinski definition) is 4. The zero-order valence-corrected chi connectivity index (χ0v) is 16.9. The summed E-state index contributed by atoms with van der Waals surface area (Å²) in [6.45, 7) is 3.06. The Kier molecular flexibility index (Phi) is 6.30. The molecule has 1 saturated heterocycles. The molecule has 1 unspecified atom stereocenters. The molecular weight excluding hydrogens is 376 g/mol. The van der Waals surface area contributed by atoms with Crippen molar-refractivity contribution in [3.8, 4) is 11.5 Å². The first-order valence-electron chi connectivity index (χ1n) is 10.3. The number of carbonyl (C=O) groups is 1. The van der Waals surface area contributed by atoms with E-state index in [4.69, 9.17) is 4.74 Å². The van der Waals surface area contributed by atoms with Crippen molar-refractivity contribution in [1.82, 2.24) is 4.90 Å². The molecular formula is C25H26N2O3. The highest BCUT2D eigenvalue weighted by Crippen LogP contribution is 2.27. The first kappa shape index (κ1) is 20.0. The third-order valence-electron chi connectivity index (χ3n) is 5.52. The van der Waals surface area contributed by atoms with E-state index in [1.165, 1.54) is 5.69 Å². The van der Waals surface area contributed by atoms with Gasteiger partial charge in [-0.15, -0.1) is 0 Å². The van der Waals surface area contributed by atoms with Gasteiger partial charge in [0, 0.05) is 38.3 Å². The Morgan fingerprint density at radius 1 is 0.833 bits per heavy atom. The number of carboxylic acids is 1. The Bertz CT molecular complexity index is 954. The molecule has 4 rings (SSSR count). The van der Waals surface area contributed by atoms with Crippen LogP contribution in [0.3, 0.4) is 0 Å². The summed E-state index contributed by atoms with van der Waals surface area (Å²) in [6, 6.07) is 27.0. The van der Waals surface area contributed by atoms with Crippen molar-refractivity contribution in [3.63, 3.8) is 0 Å². The summed E-state index contributed by atoms with van der Waals surface area (Å²) in [5.74, 6) is 0.656. The normalized spacial score (nSPS) is 15.5. The van der Waals surface area contributed by atoms with Gasteiger partial charge in [-0.1, -0.05) is 54.6 Å². The van der Waals surface area contributed by atoms with Crippen LogP contribution in [-0.2, 0) is 11.2 Å². The summed E-state index contributed by atoms with van der Waals surface area (Å²) in [6.07, 6.45) is 0.406. The topological polar surface area (TPSA) is 53.0 Å². The van der Waals surface area contributed by atoms with Crippen molar-refractivity contribution < 1.29 is 14.6 Å². The van der Waals surface area contributed by atoms with Crippen LogP contribution in [0.2, 0.25) is 0 Å². The van der Waals surface area contributed by atoms with Gasteiger partial charge in [0.05, 0.1) is 0 Å². The van der Waals surface area contributed by atoms with Gasteiger partial charge >= 0.3 is 5.97 Å². The molecule has 0 bridgehead atoms. The lowest BCUT2D eigenvalue weighted by Gasteiger charge is -2.39. The maximum atomic E-state index is 12.1. The molecule has 0 saturated carbocycles. The van der Waals surface area contributed by atoms with E-state index >= 15 is 0 Å². The minimum Gasteiger partial charge on any atom is -0.480 e. The van der Waals surface area contributed by atoms with E-state index in [1.54, 1.807) is 0 Å². The SMILES string of the molecule is O=C(O)C(Cc1ccccc1Oc1ccccc1)N1CCN(c2ccccc2)CC1. The van der Waals surface area contributed by atoms with Crippen LogP contribution in [0.4, 0.5) is 5.69 Å². The summed E-state index contributed by atoms with van der Waals surface area (Å²) >= 11 is 0. The maximum Gasteiger partial charge on any atom is 0.321 e. The van der Waals surface area contributed by atoms with Crippen LogP contribution < -0.4 is 9.64 Å². The molecule has 1 aliphatic rings. The van der Waals surface area contributed by atoms with Gasteiger partial charge in [0.25, 0.3) is 0 Å². The molecule has 3 aromatic carbocycles. The highest BCUT2D eigenvalue weighted by Gasteiger charge is 2.30. The number of benzene rings is 3. The van der Waals surface area contributed by atoms with Crippen LogP contribution in [0.5, 0.6) is 11.5 Å². The highest BCUT2D eigenvalue weighted by molar-refractivity contribution is 5.74. The number of rotatable bonds is 7. The van der Waals surface area contributed by atoms with E-state index in [-0.39, 0.29) is 0 Å². The first-order valence-corrected chi connectivity index (χ1v) is 10.3. The van der Waals surface area contributed by atoms with Crippen molar-refractivity contribution in [2.75, 3.05) is 31.1 Å². The van der Waals surface area contributed by atoms with Crippen LogP contribution in [0.1, 0.15) is 5.56 Å². The fourth-order valence-corrected chi connectivity index (χ4v) is 3.90. The number of anilines is 1. The van der Waals surface area contributed by atoms with Crippen LogP contribution in [0, 0.1) is 0 Å². The second-order valence-electron chi connectivity index (χ2n) is 7.44. The van der Waals surface area contributed by atoms with E-state index in [0.717, 1.165) is 24.4 Å². The predicted octanol–water partition coefficient (Wildman–Crippen LogP) is 4.30. The number of aliphatic carboxylic acids is 1. The third-order valence-corrected chi connectivity index (χ3v) is 5.52. The standard InChI is InChI=1S/C25H26N2O3/c28-25(29)23(27-17-15-26(16-18-27)21-10-3-1-4-11-21)19-20-9-7-8-14-24(20)30-22-12-5-2-6-13-22/h1-14,23H,15-19H2,(H,28,29). The molecule has 3 aromatic rings. The number of piperazine rings is 1. The van der Waals surface area contributed by atoms with Crippen molar-refractivity contribution in [3.05, 3.63) is 90.5 Å². The lowest BCUT2D eigenvalue weighted by atomic mass is 10.0. The van der Waals surface area contributed by atoms with Crippen molar-refractivity contribution in [2.45, 2.75) is 12.5 Å². The van der Waals surface area contributed by atoms with E-state index in [1.807, 2.05) is 72.8 Å².